The molecule has 1 amide bonds. The maximum absolute atomic E-state index is 12.8. The molecule has 0 saturated heterocycles. The maximum atomic E-state index is 12.8. The first-order valence-electron chi connectivity index (χ1n) is 9.36. The molecule has 0 aliphatic heterocycles. The molecule has 1 unspecified atom stereocenters. The number of amides is 1. The van der Waals surface area contributed by atoms with E-state index >= 15 is 0 Å². The summed E-state index contributed by atoms with van der Waals surface area (Å²) in [6.45, 7) is 1.91. The molecule has 4 heteroatoms. The predicted molar refractivity (Wildman–Crippen MR) is 111 cm³/mol. The zero-order chi connectivity index (χ0) is 19.4. The molecule has 3 aromatic rings. The molecule has 1 fully saturated rings. The Morgan fingerprint density at radius 3 is 2.25 bits per heavy atom. The van der Waals surface area contributed by atoms with Crippen molar-refractivity contribution in [2.75, 3.05) is 0 Å². The average molecular weight is 370 g/mol. The molecule has 1 aliphatic carbocycles. The third-order valence-electron chi connectivity index (χ3n) is 5.21. The molecule has 0 bridgehead atoms. The molecule has 1 heterocycles. The largest absolute Gasteiger partial charge is 0.465 e. The molecule has 1 N–H and O–H groups in total. The van der Waals surface area contributed by atoms with Gasteiger partial charge in [0.15, 0.2) is 0 Å². The van der Waals surface area contributed by atoms with Crippen LogP contribution in [0.25, 0.3) is 6.08 Å². The van der Waals surface area contributed by atoms with Crippen molar-refractivity contribution >= 4 is 18.2 Å². The number of allylic oxidation sites excluding steroid dienone is 1. The van der Waals surface area contributed by atoms with Crippen molar-refractivity contribution in [2.45, 2.75) is 18.8 Å². The summed E-state index contributed by atoms with van der Waals surface area (Å²) in [5.41, 5.74) is 5.66. The van der Waals surface area contributed by atoms with Gasteiger partial charge in [0.2, 0.25) is 5.91 Å². The monoisotopic (exact) mass is 370 g/mol. The minimum absolute atomic E-state index is 0.0604. The first-order valence-corrected chi connectivity index (χ1v) is 9.36. The van der Waals surface area contributed by atoms with Crippen molar-refractivity contribution in [1.29, 1.82) is 0 Å². The normalized spacial score (nSPS) is 18.2. The van der Waals surface area contributed by atoms with Crippen LogP contribution in [0.3, 0.4) is 0 Å². The molecular formula is C24H22N2O2. The molecule has 140 valence electrons. The number of hydrogen-bond acceptors (Lipinski definition) is 3. The quantitative estimate of drug-likeness (QED) is 0.501. The van der Waals surface area contributed by atoms with Gasteiger partial charge in [0.05, 0.1) is 18.4 Å². The Kier molecular flexibility index (Phi) is 4.94. The SMILES string of the molecule is CC(/C=N/NC(=O)C1CC1(c1ccccc1)c1ccccc1)=C\c1ccco1. The van der Waals surface area contributed by atoms with Crippen LogP contribution in [-0.2, 0) is 10.2 Å². The van der Waals surface area contributed by atoms with Gasteiger partial charge in [0, 0.05) is 5.41 Å². The van der Waals surface area contributed by atoms with E-state index in [1.807, 2.05) is 61.5 Å². The van der Waals surface area contributed by atoms with Gasteiger partial charge < -0.3 is 4.42 Å². The van der Waals surface area contributed by atoms with E-state index in [4.69, 9.17) is 4.42 Å². The van der Waals surface area contributed by atoms with Crippen LogP contribution in [-0.4, -0.2) is 12.1 Å². The average Bonchev–Trinajstić information content (AvgIpc) is 3.30. The molecule has 0 spiro atoms. The highest BCUT2D eigenvalue weighted by atomic mass is 16.3. The summed E-state index contributed by atoms with van der Waals surface area (Å²) in [5.74, 6) is 0.559. The highest BCUT2D eigenvalue weighted by Gasteiger charge is 2.60. The van der Waals surface area contributed by atoms with Gasteiger partial charge in [-0.3, -0.25) is 4.79 Å². The lowest BCUT2D eigenvalue weighted by Crippen LogP contribution is -2.25. The number of carbonyl (C=O) groups excluding carboxylic acids is 1. The third kappa shape index (κ3) is 3.54. The van der Waals surface area contributed by atoms with Crippen LogP contribution in [0.15, 0.2) is 94.2 Å². The van der Waals surface area contributed by atoms with E-state index in [1.54, 1.807) is 12.5 Å². The Labute approximate surface area is 164 Å². The van der Waals surface area contributed by atoms with Gasteiger partial charge in [0.1, 0.15) is 5.76 Å². The van der Waals surface area contributed by atoms with Gasteiger partial charge >= 0.3 is 0 Å². The number of benzene rings is 2. The molecule has 0 radical (unpaired) electrons. The lowest BCUT2D eigenvalue weighted by molar-refractivity contribution is -0.122. The Balaban J connectivity index is 1.49. The highest BCUT2D eigenvalue weighted by Crippen LogP contribution is 2.58. The zero-order valence-electron chi connectivity index (χ0n) is 15.7. The van der Waals surface area contributed by atoms with E-state index in [-0.39, 0.29) is 17.2 Å². The molecule has 1 aliphatic rings. The maximum Gasteiger partial charge on any atom is 0.244 e. The van der Waals surface area contributed by atoms with Gasteiger partial charge in [-0.15, -0.1) is 0 Å². The Morgan fingerprint density at radius 2 is 1.68 bits per heavy atom. The number of hydrogen-bond donors (Lipinski definition) is 1. The molecule has 4 nitrogen and oxygen atoms in total. The van der Waals surface area contributed by atoms with E-state index in [0.29, 0.717) is 0 Å². The summed E-state index contributed by atoms with van der Waals surface area (Å²) in [4.78, 5) is 12.8. The third-order valence-corrected chi connectivity index (χ3v) is 5.21. The smallest absolute Gasteiger partial charge is 0.244 e. The summed E-state index contributed by atoms with van der Waals surface area (Å²) in [5, 5.41) is 4.13. The fourth-order valence-electron chi connectivity index (χ4n) is 3.77. The standard InChI is InChI=1S/C24H22N2O2/c1-18(15-21-13-8-14-28-21)17-25-26-23(27)22-16-24(22,19-9-4-2-5-10-19)20-11-6-3-7-12-20/h2-15,17,22H,16H2,1H3,(H,26,27)/b18-15+,25-17+. The van der Waals surface area contributed by atoms with Crippen molar-refractivity contribution < 1.29 is 9.21 Å². The summed E-state index contributed by atoms with van der Waals surface area (Å²) in [6.07, 6.45) is 5.90. The van der Waals surface area contributed by atoms with E-state index < -0.39 is 0 Å². The van der Waals surface area contributed by atoms with Crippen LogP contribution in [0.2, 0.25) is 0 Å². The summed E-state index contributed by atoms with van der Waals surface area (Å²) in [6, 6.07) is 24.2. The Hall–Kier alpha value is -3.40. The van der Waals surface area contributed by atoms with E-state index in [1.165, 1.54) is 11.1 Å². The van der Waals surface area contributed by atoms with Crippen molar-refractivity contribution in [3.63, 3.8) is 0 Å². The fraction of sp³-hybridized carbons (Fsp3) is 0.167. The zero-order valence-corrected chi connectivity index (χ0v) is 15.7. The topological polar surface area (TPSA) is 54.6 Å². The van der Waals surface area contributed by atoms with E-state index in [0.717, 1.165) is 17.8 Å². The fourth-order valence-corrected chi connectivity index (χ4v) is 3.77. The van der Waals surface area contributed by atoms with Crippen LogP contribution < -0.4 is 5.43 Å². The minimum Gasteiger partial charge on any atom is -0.465 e. The van der Waals surface area contributed by atoms with Gasteiger partial charge in [-0.1, -0.05) is 60.7 Å². The van der Waals surface area contributed by atoms with Crippen molar-refractivity contribution in [3.05, 3.63) is 102 Å². The Bertz CT molecular complexity index is 950. The summed E-state index contributed by atoms with van der Waals surface area (Å²) >= 11 is 0. The van der Waals surface area contributed by atoms with Gasteiger partial charge in [-0.25, -0.2) is 5.43 Å². The van der Waals surface area contributed by atoms with Crippen molar-refractivity contribution in [1.82, 2.24) is 5.43 Å². The highest BCUT2D eigenvalue weighted by molar-refractivity contribution is 5.88. The van der Waals surface area contributed by atoms with Crippen LogP contribution in [0, 0.1) is 5.92 Å². The van der Waals surface area contributed by atoms with Crippen LogP contribution in [0.4, 0.5) is 0 Å². The van der Waals surface area contributed by atoms with Crippen LogP contribution in [0.5, 0.6) is 0 Å². The Morgan fingerprint density at radius 1 is 1.04 bits per heavy atom. The summed E-state index contributed by atoms with van der Waals surface area (Å²) < 4.78 is 5.28. The molecule has 1 atom stereocenters. The van der Waals surface area contributed by atoms with Gasteiger partial charge in [-0.2, -0.15) is 5.10 Å². The van der Waals surface area contributed by atoms with Crippen molar-refractivity contribution in [3.8, 4) is 0 Å². The second kappa shape index (κ2) is 7.69. The van der Waals surface area contributed by atoms with E-state index in [2.05, 4.69) is 34.8 Å². The van der Waals surface area contributed by atoms with E-state index in [9.17, 15) is 4.79 Å². The lowest BCUT2D eigenvalue weighted by Gasteiger charge is -2.18. The second-order valence-electron chi connectivity index (χ2n) is 7.10. The number of nitrogens with zero attached hydrogens (tertiary/aromatic N) is 1. The molecular weight excluding hydrogens is 348 g/mol. The first-order chi connectivity index (χ1) is 13.7. The van der Waals surface area contributed by atoms with Crippen LogP contribution >= 0.6 is 0 Å². The molecule has 1 aromatic heterocycles. The molecule has 4 rings (SSSR count). The van der Waals surface area contributed by atoms with Crippen molar-refractivity contribution in [2.24, 2.45) is 11.0 Å². The molecule has 1 saturated carbocycles. The number of nitrogens with one attached hydrogen (secondary N) is 1. The number of rotatable bonds is 6. The number of hydrazone groups is 1. The van der Waals surface area contributed by atoms with Gasteiger partial charge in [0.25, 0.3) is 0 Å². The minimum atomic E-state index is -0.277. The summed E-state index contributed by atoms with van der Waals surface area (Å²) in [7, 11) is 0. The lowest BCUT2D eigenvalue weighted by atomic mass is 9.85. The predicted octanol–water partition coefficient (Wildman–Crippen LogP) is 4.79. The number of carbonyl (C=O) groups is 1. The first kappa shape index (κ1) is 18.0. The van der Waals surface area contributed by atoms with Gasteiger partial charge in [-0.05, 0) is 48.3 Å². The molecule has 28 heavy (non-hydrogen) atoms. The van der Waals surface area contributed by atoms with Crippen LogP contribution in [0.1, 0.15) is 30.2 Å². The second-order valence-corrected chi connectivity index (χ2v) is 7.10. The molecule has 2 aromatic carbocycles. The number of furan rings is 1.